The van der Waals surface area contributed by atoms with Gasteiger partial charge in [0.1, 0.15) is 0 Å². The van der Waals surface area contributed by atoms with Crippen molar-refractivity contribution in [2.24, 2.45) is 0 Å². The van der Waals surface area contributed by atoms with E-state index in [1.807, 2.05) is 19.2 Å². The third-order valence-corrected chi connectivity index (χ3v) is 4.26. The molecule has 8 nitrogen and oxygen atoms in total. The number of hydrogen-bond donors (Lipinski definition) is 1. The molecule has 1 aliphatic rings. The number of fused-ring (bicyclic) bond motifs is 1. The second-order valence-corrected chi connectivity index (χ2v) is 6.67. The van der Waals surface area contributed by atoms with Crippen molar-refractivity contribution in [1.29, 1.82) is 0 Å². The van der Waals surface area contributed by atoms with Crippen LogP contribution in [-0.2, 0) is 9.47 Å². The van der Waals surface area contributed by atoms with E-state index in [1.54, 1.807) is 19.9 Å². The maximum Gasteiger partial charge on any atom is 0.411 e. The number of nitrogens with zero attached hydrogens (tertiary/aromatic N) is 3. The van der Waals surface area contributed by atoms with Gasteiger partial charge >= 0.3 is 6.09 Å². The normalized spacial score (nSPS) is 15.4. The first-order chi connectivity index (χ1) is 12.5. The molecule has 2 heterocycles. The van der Waals surface area contributed by atoms with Gasteiger partial charge in [0.25, 0.3) is 0 Å². The van der Waals surface area contributed by atoms with Gasteiger partial charge < -0.3 is 18.9 Å². The summed E-state index contributed by atoms with van der Waals surface area (Å²) in [4.78, 5) is 16.2. The van der Waals surface area contributed by atoms with Crippen molar-refractivity contribution in [3.05, 3.63) is 18.2 Å². The zero-order chi connectivity index (χ0) is 18.5. The van der Waals surface area contributed by atoms with Crippen LogP contribution in [0.4, 0.5) is 16.3 Å². The van der Waals surface area contributed by atoms with E-state index >= 15 is 0 Å². The number of carbonyl (C=O) groups excluding carboxylic acids is 1. The highest BCUT2D eigenvalue weighted by Gasteiger charge is 2.16. The van der Waals surface area contributed by atoms with Gasteiger partial charge in [-0.1, -0.05) is 5.16 Å². The highest BCUT2D eigenvalue weighted by Crippen LogP contribution is 2.27. The van der Waals surface area contributed by atoms with E-state index in [0.29, 0.717) is 11.3 Å². The fourth-order valence-corrected chi connectivity index (χ4v) is 2.86. The number of morpholine rings is 1. The highest BCUT2D eigenvalue weighted by molar-refractivity contribution is 5.93. The molecule has 3 rings (SSSR count). The van der Waals surface area contributed by atoms with Crippen molar-refractivity contribution in [3.63, 3.8) is 0 Å². The molecular formula is C18H26N4O4. The summed E-state index contributed by atoms with van der Waals surface area (Å²) in [6.45, 7) is 8.94. The summed E-state index contributed by atoms with van der Waals surface area (Å²) in [6, 6.07) is 5.47. The third-order valence-electron chi connectivity index (χ3n) is 4.26. The van der Waals surface area contributed by atoms with E-state index in [-0.39, 0.29) is 6.10 Å². The van der Waals surface area contributed by atoms with Gasteiger partial charge in [0, 0.05) is 45.0 Å². The lowest BCUT2D eigenvalue weighted by Crippen LogP contribution is -2.40. The molecule has 0 atom stereocenters. The number of hydrogen-bond acceptors (Lipinski definition) is 7. The lowest BCUT2D eigenvalue weighted by atomic mass is 10.2. The molecule has 26 heavy (non-hydrogen) atoms. The standard InChI is InChI=1S/C18H26N4O4/c1-13(2)25-18(23)19-14-4-5-15-16(12-14)26-20-17(15)21(3)6-7-22-8-10-24-11-9-22/h4-5,12-13H,6-11H2,1-3H3,(H,19,23). The molecule has 0 bridgehead atoms. The quantitative estimate of drug-likeness (QED) is 0.846. The number of likely N-dealkylation sites (N-methyl/N-ethyl adjacent to an activating group) is 1. The van der Waals surface area contributed by atoms with Crippen LogP contribution in [0, 0.1) is 0 Å². The second kappa shape index (κ2) is 8.37. The van der Waals surface area contributed by atoms with Gasteiger partial charge in [-0.3, -0.25) is 10.2 Å². The topological polar surface area (TPSA) is 80.1 Å². The number of rotatable bonds is 6. The van der Waals surface area contributed by atoms with E-state index in [0.717, 1.165) is 50.6 Å². The molecular weight excluding hydrogens is 336 g/mol. The minimum Gasteiger partial charge on any atom is -0.447 e. The number of amides is 1. The van der Waals surface area contributed by atoms with Crippen LogP contribution in [0.3, 0.4) is 0 Å². The Labute approximate surface area is 153 Å². The van der Waals surface area contributed by atoms with Gasteiger partial charge in [0.05, 0.1) is 24.7 Å². The van der Waals surface area contributed by atoms with Gasteiger partial charge in [-0.25, -0.2) is 4.79 Å². The molecule has 0 spiro atoms. The molecule has 0 radical (unpaired) electrons. The molecule has 1 fully saturated rings. The Hall–Kier alpha value is -2.32. The van der Waals surface area contributed by atoms with E-state index in [1.165, 1.54) is 0 Å². The summed E-state index contributed by atoms with van der Waals surface area (Å²) in [6.07, 6.45) is -0.655. The molecule has 1 aromatic carbocycles. The summed E-state index contributed by atoms with van der Waals surface area (Å²) in [7, 11) is 2.00. The average molecular weight is 362 g/mol. The van der Waals surface area contributed by atoms with E-state index < -0.39 is 6.09 Å². The fraction of sp³-hybridized carbons (Fsp3) is 0.556. The Kier molecular flexibility index (Phi) is 5.95. The van der Waals surface area contributed by atoms with Crippen molar-refractivity contribution >= 4 is 28.6 Å². The van der Waals surface area contributed by atoms with Crippen LogP contribution in [-0.4, -0.2) is 68.7 Å². The summed E-state index contributed by atoms with van der Waals surface area (Å²) in [5.74, 6) is 0.796. The van der Waals surface area contributed by atoms with Crippen molar-refractivity contribution in [2.75, 3.05) is 56.7 Å². The fourth-order valence-electron chi connectivity index (χ4n) is 2.86. The van der Waals surface area contributed by atoms with Gasteiger partial charge in [-0.15, -0.1) is 0 Å². The Morgan fingerprint density at radius 3 is 2.88 bits per heavy atom. The van der Waals surface area contributed by atoms with Crippen molar-refractivity contribution in [2.45, 2.75) is 20.0 Å². The van der Waals surface area contributed by atoms with Gasteiger partial charge in [-0.2, -0.15) is 0 Å². The van der Waals surface area contributed by atoms with Gasteiger partial charge in [-0.05, 0) is 26.0 Å². The van der Waals surface area contributed by atoms with Crippen LogP contribution in [0.2, 0.25) is 0 Å². The third kappa shape index (κ3) is 4.64. The lowest BCUT2D eigenvalue weighted by Gasteiger charge is -2.28. The molecule has 0 unspecified atom stereocenters. The summed E-state index contributed by atoms with van der Waals surface area (Å²) >= 11 is 0. The molecule has 1 amide bonds. The van der Waals surface area contributed by atoms with Gasteiger partial charge in [0.2, 0.25) is 0 Å². The van der Waals surface area contributed by atoms with Crippen LogP contribution >= 0.6 is 0 Å². The smallest absolute Gasteiger partial charge is 0.411 e. The second-order valence-electron chi connectivity index (χ2n) is 6.67. The first kappa shape index (κ1) is 18.5. The lowest BCUT2D eigenvalue weighted by molar-refractivity contribution is 0.0392. The molecule has 2 aromatic rings. The van der Waals surface area contributed by atoms with E-state index in [2.05, 4.69) is 20.3 Å². The predicted octanol–water partition coefficient (Wildman–Crippen LogP) is 2.55. The first-order valence-electron chi connectivity index (χ1n) is 8.91. The Balaban J connectivity index is 1.63. The van der Waals surface area contributed by atoms with Crippen molar-refractivity contribution in [3.8, 4) is 0 Å². The van der Waals surface area contributed by atoms with Gasteiger partial charge in [0.15, 0.2) is 11.4 Å². The van der Waals surface area contributed by atoms with Crippen LogP contribution < -0.4 is 10.2 Å². The van der Waals surface area contributed by atoms with Crippen LogP contribution in [0.15, 0.2) is 22.7 Å². The minimum absolute atomic E-state index is 0.171. The maximum atomic E-state index is 11.7. The first-order valence-corrected chi connectivity index (χ1v) is 8.91. The highest BCUT2D eigenvalue weighted by atomic mass is 16.6. The number of aromatic nitrogens is 1. The summed E-state index contributed by atoms with van der Waals surface area (Å²) in [5, 5.41) is 7.80. The molecule has 1 N–H and O–H groups in total. The SMILES string of the molecule is CC(C)OC(=O)Nc1ccc2c(N(C)CCN3CCOCC3)noc2c1. The number of nitrogens with one attached hydrogen (secondary N) is 1. The van der Waals surface area contributed by atoms with Crippen LogP contribution in [0.1, 0.15) is 13.8 Å². The Morgan fingerprint density at radius 1 is 1.38 bits per heavy atom. The molecule has 0 saturated carbocycles. The summed E-state index contributed by atoms with van der Waals surface area (Å²) < 4.78 is 15.9. The number of ether oxygens (including phenoxy) is 2. The zero-order valence-electron chi connectivity index (χ0n) is 15.5. The van der Waals surface area contributed by atoms with Crippen LogP contribution in [0.5, 0.6) is 0 Å². The Bertz CT molecular complexity index is 740. The molecule has 8 heteroatoms. The van der Waals surface area contributed by atoms with E-state index in [4.69, 9.17) is 14.0 Å². The average Bonchev–Trinajstić information content (AvgIpc) is 3.03. The molecule has 142 valence electrons. The maximum absolute atomic E-state index is 11.7. The minimum atomic E-state index is -0.485. The van der Waals surface area contributed by atoms with Crippen molar-refractivity contribution < 1.29 is 18.8 Å². The van der Waals surface area contributed by atoms with E-state index in [9.17, 15) is 4.79 Å². The largest absolute Gasteiger partial charge is 0.447 e. The predicted molar refractivity (Wildman–Crippen MR) is 99.8 cm³/mol. The zero-order valence-corrected chi connectivity index (χ0v) is 15.5. The summed E-state index contributed by atoms with van der Waals surface area (Å²) in [5.41, 5.74) is 1.24. The van der Waals surface area contributed by atoms with Crippen LogP contribution in [0.25, 0.3) is 11.0 Å². The number of carbonyl (C=O) groups is 1. The Morgan fingerprint density at radius 2 is 2.15 bits per heavy atom. The monoisotopic (exact) mass is 362 g/mol. The molecule has 1 saturated heterocycles. The van der Waals surface area contributed by atoms with Crippen molar-refractivity contribution in [1.82, 2.24) is 10.1 Å². The molecule has 1 aromatic heterocycles. The number of benzene rings is 1. The molecule has 0 aliphatic carbocycles. The molecule has 1 aliphatic heterocycles. The number of anilines is 2.